The first-order valence-corrected chi connectivity index (χ1v) is 13.3. The number of aromatic nitrogens is 2. The van der Waals surface area contributed by atoms with Crippen LogP contribution in [0.5, 0.6) is 0 Å². The number of likely N-dealkylation sites (N-methyl/N-ethyl adjacent to an activating group) is 1. The number of halogens is 4. The van der Waals surface area contributed by atoms with Gasteiger partial charge in [0.05, 0.1) is 6.42 Å². The minimum atomic E-state index is -4.79. The van der Waals surface area contributed by atoms with Crippen LogP contribution in [0.2, 0.25) is 0 Å². The summed E-state index contributed by atoms with van der Waals surface area (Å²) in [7, 11) is 2.06. The van der Waals surface area contributed by atoms with Gasteiger partial charge in [-0.3, -0.25) is 4.79 Å². The maximum atomic E-state index is 14.3. The Balaban J connectivity index is 1.42. The molecule has 0 saturated heterocycles. The van der Waals surface area contributed by atoms with E-state index in [1.165, 1.54) is 33.7 Å². The zero-order valence-electron chi connectivity index (χ0n) is 22.1. The largest absolute Gasteiger partial charge is 0.481 e. The summed E-state index contributed by atoms with van der Waals surface area (Å²) in [5.74, 6) is -1.74. The quantitative estimate of drug-likeness (QED) is 0.354. The molecule has 3 aromatic rings. The van der Waals surface area contributed by atoms with Gasteiger partial charge in [0.2, 0.25) is 5.95 Å². The van der Waals surface area contributed by atoms with E-state index in [9.17, 15) is 27.5 Å². The smallest absolute Gasteiger partial charge is 0.421 e. The number of nitrogens with zero attached hydrogens (tertiary/aromatic N) is 4. The molecule has 0 amide bonds. The number of carbonyl (C=O) groups is 1. The molecule has 40 heavy (non-hydrogen) atoms. The first-order valence-electron chi connectivity index (χ1n) is 13.3. The van der Waals surface area contributed by atoms with Gasteiger partial charge < -0.3 is 20.2 Å². The average molecular weight is 556 g/mol. The van der Waals surface area contributed by atoms with Crippen LogP contribution >= 0.6 is 0 Å². The fourth-order valence-electron chi connectivity index (χ4n) is 6.11. The molecule has 0 radical (unpaired) electrons. The number of rotatable bonds is 6. The summed E-state index contributed by atoms with van der Waals surface area (Å²) in [6.07, 6.45) is -1.21. The van der Waals surface area contributed by atoms with Crippen LogP contribution in [-0.2, 0) is 29.4 Å². The van der Waals surface area contributed by atoms with Crippen LogP contribution < -0.4 is 10.2 Å². The maximum absolute atomic E-state index is 14.3. The van der Waals surface area contributed by atoms with E-state index in [4.69, 9.17) is 0 Å². The number of carboxylic acids is 1. The summed E-state index contributed by atoms with van der Waals surface area (Å²) >= 11 is 0. The lowest BCUT2D eigenvalue weighted by atomic mass is 9.81. The second-order valence-corrected chi connectivity index (χ2v) is 11.4. The predicted octanol–water partition coefficient (Wildman–Crippen LogP) is 6.13. The van der Waals surface area contributed by atoms with Gasteiger partial charge in [-0.05, 0) is 78.7 Å². The Morgan fingerprint density at radius 1 is 1.23 bits per heavy atom. The molecule has 7 nitrogen and oxygen atoms in total. The fraction of sp³-hybridized carbons (Fsp3) is 0.414. The van der Waals surface area contributed by atoms with E-state index in [1.54, 1.807) is 6.92 Å². The van der Waals surface area contributed by atoms with Crippen molar-refractivity contribution < 1.29 is 27.5 Å². The van der Waals surface area contributed by atoms with E-state index in [0.717, 1.165) is 44.6 Å². The number of hydrogen-bond donors (Lipinski definition) is 2. The van der Waals surface area contributed by atoms with Crippen molar-refractivity contribution in [3.05, 3.63) is 70.2 Å². The number of fused-ring (bicyclic) bond motifs is 2. The molecule has 0 spiro atoms. The van der Waals surface area contributed by atoms with Crippen LogP contribution in [0.15, 0.2) is 36.5 Å². The Morgan fingerprint density at radius 3 is 2.70 bits per heavy atom. The van der Waals surface area contributed by atoms with Crippen molar-refractivity contribution in [3.8, 4) is 0 Å². The molecule has 210 valence electrons. The van der Waals surface area contributed by atoms with E-state index in [2.05, 4.69) is 27.2 Å². The SMILES string of the molecule is CN1CCc2c(cc(Nc3ncc(C(F)(F)F)c(N4CC(C)(CC(=O)O)c5ccc(F)cc54)n3)cc2C2CC2)C1. The molecular weight excluding hydrogens is 526 g/mol. The number of nitrogens with one attached hydrogen (secondary N) is 1. The van der Waals surface area contributed by atoms with Gasteiger partial charge in [0, 0.05) is 42.6 Å². The molecule has 1 aromatic heterocycles. The third-order valence-electron chi connectivity index (χ3n) is 8.11. The monoisotopic (exact) mass is 555 g/mol. The topological polar surface area (TPSA) is 81.6 Å². The van der Waals surface area contributed by atoms with Crippen LogP contribution in [0.25, 0.3) is 0 Å². The van der Waals surface area contributed by atoms with Gasteiger partial charge in [0.1, 0.15) is 11.4 Å². The number of carboxylic acid groups (broad SMARTS) is 1. The van der Waals surface area contributed by atoms with Crippen molar-refractivity contribution in [2.75, 3.05) is 30.4 Å². The van der Waals surface area contributed by atoms with Crippen molar-refractivity contribution in [3.63, 3.8) is 0 Å². The second kappa shape index (κ2) is 9.43. The minimum Gasteiger partial charge on any atom is -0.481 e. The van der Waals surface area contributed by atoms with E-state index >= 15 is 0 Å². The van der Waals surface area contributed by atoms with Gasteiger partial charge in [0.15, 0.2) is 5.82 Å². The Hall–Kier alpha value is -3.73. The molecule has 2 N–H and O–H groups in total. The van der Waals surface area contributed by atoms with Crippen LogP contribution in [0.4, 0.5) is 40.7 Å². The van der Waals surface area contributed by atoms with Crippen LogP contribution in [0.1, 0.15) is 59.9 Å². The molecule has 11 heteroatoms. The minimum absolute atomic E-state index is 0.0290. The van der Waals surface area contributed by atoms with Crippen molar-refractivity contribution in [1.82, 2.24) is 14.9 Å². The van der Waals surface area contributed by atoms with Gasteiger partial charge in [-0.1, -0.05) is 13.0 Å². The molecule has 3 heterocycles. The molecular formula is C29H29F4N5O2. The molecule has 2 aromatic carbocycles. The summed E-state index contributed by atoms with van der Waals surface area (Å²) in [4.78, 5) is 23.5. The number of hydrogen-bond acceptors (Lipinski definition) is 6. The lowest BCUT2D eigenvalue weighted by Crippen LogP contribution is -2.32. The second-order valence-electron chi connectivity index (χ2n) is 11.4. The molecule has 6 rings (SSSR count). The first kappa shape index (κ1) is 26.5. The summed E-state index contributed by atoms with van der Waals surface area (Å²) in [6, 6.07) is 7.80. The van der Waals surface area contributed by atoms with Crippen molar-refractivity contribution in [1.29, 1.82) is 0 Å². The van der Waals surface area contributed by atoms with Gasteiger partial charge in [0.25, 0.3) is 0 Å². The fourth-order valence-corrected chi connectivity index (χ4v) is 6.11. The standard InChI is InChI=1S/C29H29F4N5O2/c1-28(12-25(39)40)15-38(24-10-18(30)5-6-22(24)28)26-23(29(31,32)33)13-34-27(36-26)35-19-9-17-14-37(2)8-7-20(17)21(11-19)16-3-4-16/h5-6,9-11,13,16H,3-4,7-8,12,14-15H2,1-2H3,(H,39,40)(H,34,35,36). The third kappa shape index (κ3) is 4.87. The maximum Gasteiger partial charge on any atom is 0.421 e. The normalized spacial score (nSPS) is 20.8. The zero-order valence-corrected chi connectivity index (χ0v) is 22.1. The Kier molecular flexibility index (Phi) is 6.25. The zero-order chi connectivity index (χ0) is 28.4. The molecule has 1 saturated carbocycles. The number of benzene rings is 2. The molecule has 1 unspecified atom stereocenters. The summed E-state index contributed by atoms with van der Waals surface area (Å²) in [5, 5.41) is 12.6. The highest BCUT2D eigenvalue weighted by Gasteiger charge is 2.45. The van der Waals surface area contributed by atoms with Crippen LogP contribution in [0, 0.1) is 5.82 Å². The van der Waals surface area contributed by atoms with Crippen LogP contribution in [-0.4, -0.2) is 46.1 Å². The summed E-state index contributed by atoms with van der Waals surface area (Å²) < 4.78 is 56.9. The molecule has 1 atom stereocenters. The Morgan fingerprint density at radius 2 is 2.00 bits per heavy atom. The van der Waals surface area contributed by atoms with Crippen molar-refractivity contribution >= 4 is 29.1 Å². The molecule has 0 bridgehead atoms. The average Bonchev–Trinajstić information content (AvgIpc) is 3.67. The highest BCUT2D eigenvalue weighted by Crippen LogP contribution is 2.49. The highest BCUT2D eigenvalue weighted by molar-refractivity contribution is 5.77. The number of aliphatic carboxylic acids is 1. The third-order valence-corrected chi connectivity index (χ3v) is 8.11. The Labute approximate surface area is 228 Å². The first-order chi connectivity index (χ1) is 18.9. The molecule has 3 aliphatic rings. The van der Waals surface area contributed by atoms with E-state index < -0.39 is 34.8 Å². The molecule has 2 aliphatic heterocycles. The van der Waals surface area contributed by atoms with Crippen LogP contribution in [0.3, 0.4) is 0 Å². The van der Waals surface area contributed by atoms with Gasteiger partial charge in [-0.15, -0.1) is 0 Å². The van der Waals surface area contributed by atoms with Crippen molar-refractivity contribution in [2.24, 2.45) is 0 Å². The number of anilines is 4. The van der Waals surface area contributed by atoms with Gasteiger partial charge >= 0.3 is 12.1 Å². The van der Waals surface area contributed by atoms with Gasteiger partial charge in [-0.2, -0.15) is 18.2 Å². The highest BCUT2D eigenvalue weighted by atomic mass is 19.4. The lowest BCUT2D eigenvalue weighted by Gasteiger charge is -2.28. The molecule has 1 aliphatic carbocycles. The van der Waals surface area contributed by atoms with E-state index in [0.29, 0.717) is 17.2 Å². The lowest BCUT2D eigenvalue weighted by molar-refractivity contribution is -0.139. The molecule has 1 fully saturated rings. The summed E-state index contributed by atoms with van der Waals surface area (Å²) in [6.45, 7) is 3.29. The Bertz CT molecular complexity index is 1510. The van der Waals surface area contributed by atoms with E-state index in [-0.39, 0.29) is 24.6 Å². The summed E-state index contributed by atoms with van der Waals surface area (Å²) in [5.41, 5.74) is 2.98. The van der Waals surface area contributed by atoms with E-state index in [1.807, 2.05) is 12.1 Å². The number of alkyl halides is 3. The van der Waals surface area contributed by atoms with Gasteiger partial charge in [-0.25, -0.2) is 9.37 Å². The van der Waals surface area contributed by atoms with Crippen molar-refractivity contribution in [2.45, 2.75) is 56.7 Å². The predicted molar refractivity (Wildman–Crippen MR) is 142 cm³/mol.